The molecule has 0 unspecified atom stereocenters. The third-order valence-corrected chi connectivity index (χ3v) is 4.51. The summed E-state index contributed by atoms with van der Waals surface area (Å²) >= 11 is 0. The molecule has 2 N–H and O–H groups in total. The molecule has 2 aromatic rings. The molecule has 26 heavy (non-hydrogen) atoms. The second kappa shape index (κ2) is 8.29. The van der Waals surface area contributed by atoms with Crippen LogP contribution in [0.3, 0.4) is 0 Å². The van der Waals surface area contributed by atoms with Gasteiger partial charge in [0.2, 0.25) is 0 Å². The Balaban J connectivity index is 1.70. The van der Waals surface area contributed by atoms with Gasteiger partial charge in [0, 0.05) is 20.2 Å². The van der Waals surface area contributed by atoms with Crippen LogP contribution in [0.2, 0.25) is 0 Å². The van der Waals surface area contributed by atoms with Crippen LogP contribution in [-0.4, -0.2) is 65.8 Å². The summed E-state index contributed by atoms with van der Waals surface area (Å²) in [6.45, 7) is 4.85. The molecule has 1 saturated heterocycles. The lowest BCUT2D eigenvalue weighted by molar-refractivity contribution is 0.0780. The van der Waals surface area contributed by atoms with Crippen molar-refractivity contribution < 1.29 is 14.3 Å². The number of likely N-dealkylation sites (tertiary alicyclic amines) is 1. The third-order valence-electron chi connectivity index (χ3n) is 4.51. The summed E-state index contributed by atoms with van der Waals surface area (Å²) in [6, 6.07) is 7.40. The zero-order valence-electron chi connectivity index (χ0n) is 15.2. The van der Waals surface area contributed by atoms with Gasteiger partial charge < -0.3 is 20.1 Å². The molecule has 3 rings (SSSR count). The van der Waals surface area contributed by atoms with Crippen molar-refractivity contribution in [3.63, 3.8) is 0 Å². The SMILES string of the molecule is COCCOc1ccc(-n2nc(C)c(C(=O)N3CC[C@H](CN)C3)n2)cc1. The van der Waals surface area contributed by atoms with Gasteiger partial charge in [-0.05, 0) is 50.1 Å². The number of hydrogen-bond acceptors (Lipinski definition) is 6. The fourth-order valence-electron chi connectivity index (χ4n) is 2.97. The van der Waals surface area contributed by atoms with Crippen molar-refractivity contribution in [1.82, 2.24) is 19.9 Å². The Morgan fingerprint density at radius 1 is 1.27 bits per heavy atom. The second-order valence-corrected chi connectivity index (χ2v) is 6.40. The molecule has 8 nitrogen and oxygen atoms in total. The van der Waals surface area contributed by atoms with E-state index in [1.165, 1.54) is 4.80 Å². The van der Waals surface area contributed by atoms with Crippen LogP contribution in [0.1, 0.15) is 22.6 Å². The van der Waals surface area contributed by atoms with Gasteiger partial charge in [0.1, 0.15) is 12.4 Å². The Morgan fingerprint density at radius 2 is 2.04 bits per heavy atom. The molecule has 0 saturated carbocycles. The lowest BCUT2D eigenvalue weighted by atomic mass is 10.1. The van der Waals surface area contributed by atoms with Crippen molar-refractivity contribution in [2.24, 2.45) is 11.7 Å². The van der Waals surface area contributed by atoms with Gasteiger partial charge in [-0.2, -0.15) is 9.90 Å². The molecule has 1 atom stereocenters. The number of rotatable bonds is 7. The number of amides is 1. The Bertz CT molecular complexity index is 744. The minimum atomic E-state index is -0.0794. The number of carbonyl (C=O) groups excluding carboxylic acids is 1. The zero-order valence-corrected chi connectivity index (χ0v) is 15.2. The molecular formula is C18H25N5O3. The van der Waals surface area contributed by atoms with E-state index in [4.69, 9.17) is 15.2 Å². The van der Waals surface area contributed by atoms with Crippen LogP contribution in [-0.2, 0) is 4.74 Å². The predicted octanol–water partition coefficient (Wildman–Crippen LogP) is 1.02. The molecule has 8 heteroatoms. The first kappa shape index (κ1) is 18.3. The Kier molecular flexibility index (Phi) is 5.85. The normalized spacial score (nSPS) is 16.9. The number of ether oxygens (including phenoxy) is 2. The molecule has 1 aromatic carbocycles. The molecule has 1 aliphatic heterocycles. The highest BCUT2D eigenvalue weighted by Crippen LogP contribution is 2.19. The lowest BCUT2D eigenvalue weighted by Gasteiger charge is -2.14. The van der Waals surface area contributed by atoms with Crippen LogP contribution in [0.25, 0.3) is 5.69 Å². The summed E-state index contributed by atoms with van der Waals surface area (Å²) in [4.78, 5) is 16.0. The standard InChI is InChI=1S/C18H25N5O3/c1-13-17(18(24)22-8-7-14(11-19)12-22)21-23(20-13)15-3-5-16(6-4-15)26-10-9-25-2/h3-6,14H,7-12,19H2,1-2H3/t14-/m1/s1. The largest absolute Gasteiger partial charge is 0.491 e. The third kappa shape index (κ3) is 4.03. The summed E-state index contributed by atoms with van der Waals surface area (Å²) in [5, 5.41) is 8.79. The summed E-state index contributed by atoms with van der Waals surface area (Å²) in [5.74, 6) is 1.04. The highest BCUT2D eigenvalue weighted by Gasteiger charge is 2.29. The molecule has 0 bridgehead atoms. The van der Waals surface area contributed by atoms with Crippen molar-refractivity contribution in [3.05, 3.63) is 35.7 Å². The van der Waals surface area contributed by atoms with E-state index in [1.807, 2.05) is 29.2 Å². The average Bonchev–Trinajstić information content (AvgIpc) is 3.29. The molecule has 2 heterocycles. The van der Waals surface area contributed by atoms with Crippen molar-refractivity contribution in [2.75, 3.05) is 40.0 Å². The summed E-state index contributed by atoms with van der Waals surface area (Å²) in [6.07, 6.45) is 0.944. The number of methoxy groups -OCH3 is 1. The summed E-state index contributed by atoms with van der Waals surface area (Å²) in [5.41, 5.74) is 7.49. The molecule has 0 spiro atoms. The van der Waals surface area contributed by atoms with Crippen LogP contribution < -0.4 is 10.5 Å². The number of aryl methyl sites for hydroxylation is 1. The van der Waals surface area contributed by atoms with Gasteiger partial charge in [0.25, 0.3) is 5.91 Å². The first-order valence-electron chi connectivity index (χ1n) is 8.78. The minimum Gasteiger partial charge on any atom is -0.491 e. The fourth-order valence-corrected chi connectivity index (χ4v) is 2.97. The number of aromatic nitrogens is 3. The van der Waals surface area contributed by atoms with Gasteiger partial charge in [0.05, 0.1) is 18.0 Å². The summed E-state index contributed by atoms with van der Waals surface area (Å²) in [7, 11) is 1.63. The highest BCUT2D eigenvalue weighted by molar-refractivity contribution is 5.93. The van der Waals surface area contributed by atoms with E-state index in [0.29, 0.717) is 43.6 Å². The van der Waals surface area contributed by atoms with Crippen LogP contribution in [0.4, 0.5) is 0 Å². The average molecular weight is 359 g/mol. The maximum absolute atomic E-state index is 12.7. The lowest BCUT2D eigenvalue weighted by Crippen LogP contribution is -2.30. The van der Waals surface area contributed by atoms with Crippen LogP contribution in [0.5, 0.6) is 5.75 Å². The van der Waals surface area contributed by atoms with Crippen LogP contribution in [0, 0.1) is 12.8 Å². The molecule has 0 radical (unpaired) electrons. The Morgan fingerprint density at radius 3 is 2.69 bits per heavy atom. The van der Waals surface area contributed by atoms with Gasteiger partial charge in [0.15, 0.2) is 5.69 Å². The quantitative estimate of drug-likeness (QED) is 0.742. The van der Waals surface area contributed by atoms with Crippen molar-refractivity contribution in [3.8, 4) is 11.4 Å². The van der Waals surface area contributed by atoms with E-state index in [2.05, 4.69) is 10.2 Å². The summed E-state index contributed by atoms with van der Waals surface area (Å²) < 4.78 is 10.5. The van der Waals surface area contributed by atoms with E-state index in [-0.39, 0.29) is 5.91 Å². The van der Waals surface area contributed by atoms with Crippen molar-refractivity contribution >= 4 is 5.91 Å². The topological polar surface area (TPSA) is 95.5 Å². The number of nitrogens with zero attached hydrogens (tertiary/aromatic N) is 4. The van der Waals surface area contributed by atoms with Gasteiger partial charge in [-0.3, -0.25) is 4.79 Å². The van der Waals surface area contributed by atoms with Gasteiger partial charge >= 0.3 is 0 Å². The maximum Gasteiger partial charge on any atom is 0.276 e. The molecule has 1 fully saturated rings. The predicted molar refractivity (Wildman–Crippen MR) is 96.5 cm³/mol. The number of nitrogens with two attached hydrogens (primary N) is 1. The highest BCUT2D eigenvalue weighted by atomic mass is 16.5. The zero-order chi connectivity index (χ0) is 18.5. The molecule has 140 valence electrons. The van der Waals surface area contributed by atoms with E-state index in [1.54, 1.807) is 14.0 Å². The number of carbonyl (C=O) groups is 1. The van der Waals surface area contributed by atoms with Crippen LogP contribution in [0.15, 0.2) is 24.3 Å². The van der Waals surface area contributed by atoms with E-state index >= 15 is 0 Å². The number of hydrogen-bond donors (Lipinski definition) is 1. The minimum absolute atomic E-state index is 0.0794. The first-order valence-corrected chi connectivity index (χ1v) is 8.78. The molecular weight excluding hydrogens is 334 g/mol. The van der Waals surface area contributed by atoms with Crippen LogP contribution >= 0.6 is 0 Å². The fraction of sp³-hybridized carbons (Fsp3) is 0.500. The maximum atomic E-state index is 12.7. The first-order chi connectivity index (χ1) is 12.6. The van der Waals surface area contributed by atoms with Gasteiger partial charge in [-0.15, -0.1) is 5.10 Å². The van der Waals surface area contributed by atoms with Crippen molar-refractivity contribution in [1.29, 1.82) is 0 Å². The number of benzene rings is 1. The second-order valence-electron chi connectivity index (χ2n) is 6.40. The van der Waals surface area contributed by atoms with E-state index in [0.717, 1.165) is 24.4 Å². The smallest absolute Gasteiger partial charge is 0.276 e. The van der Waals surface area contributed by atoms with E-state index in [9.17, 15) is 4.79 Å². The molecule has 1 aliphatic rings. The molecule has 1 amide bonds. The molecule has 0 aliphatic carbocycles. The monoisotopic (exact) mass is 359 g/mol. The Labute approximate surface area is 152 Å². The van der Waals surface area contributed by atoms with Gasteiger partial charge in [-0.1, -0.05) is 0 Å². The van der Waals surface area contributed by atoms with Gasteiger partial charge in [-0.25, -0.2) is 0 Å². The Hall–Kier alpha value is -2.45. The van der Waals surface area contributed by atoms with E-state index < -0.39 is 0 Å². The van der Waals surface area contributed by atoms with Crippen molar-refractivity contribution in [2.45, 2.75) is 13.3 Å². The molecule has 1 aromatic heterocycles.